The highest BCUT2D eigenvalue weighted by molar-refractivity contribution is 7.15. The van der Waals surface area contributed by atoms with Gasteiger partial charge in [0.1, 0.15) is 0 Å². The SMILES string of the molecule is CCN1CCC[C@@H](CN(C)Cc2cnc(N)s2)[C@@H]1c1cnn(C)c1.Cl. The van der Waals surface area contributed by atoms with E-state index in [2.05, 4.69) is 40.1 Å². The van der Waals surface area contributed by atoms with Crippen molar-refractivity contribution in [2.75, 3.05) is 32.4 Å². The Hall–Kier alpha value is -1.15. The summed E-state index contributed by atoms with van der Waals surface area (Å²) in [5.41, 5.74) is 7.09. The first-order valence-electron chi connectivity index (χ1n) is 8.68. The van der Waals surface area contributed by atoms with Gasteiger partial charge in [0.05, 0.1) is 6.20 Å². The topological polar surface area (TPSA) is 63.2 Å². The standard InChI is InChI=1S/C17H28N6S.ClH/c1-4-23-7-5-6-13(16(23)14-8-20-22(3)11-14)10-21(2)12-15-9-19-17(18)24-15;/h8-9,11,13,16H,4-7,10,12H2,1-3H3,(H2,18,19);1H/t13-,16+;/m0./s1. The zero-order valence-electron chi connectivity index (χ0n) is 15.3. The number of halogens is 1. The van der Waals surface area contributed by atoms with E-state index in [1.807, 2.05) is 24.1 Å². The maximum atomic E-state index is 5.75. The Morgan fingerprint density at radius 2 is 2.20 bits per heavy atom. The minimum absolute atomic E-state index is 0. The van der Waals surface area contributed by atoms with E-state index in [1.54, 1.807) is 11.3 Å². The molecule has 0 aromatic carbocycles. The van der Waals surface area contributed by atoms with Gasteiger partial charge >= 0.3 is 0 Å². The van der Waals surface area contributed by atoms with Gasteiger partial charge in [-0.1, -0.05) is 6.92 Å². The highest BCUT2D eigenvalue weighted by atomic mass is 35.5. The number of nitrogen functional groups attached to an aromatic ring is 1. The molecule has 3 rings (SSSR count). The highest BCUT2D eigenvalue weighted by Gasteiger charge is 2.33. The third-order valence-corrected chi connectivity index (χ3v) is 5.69. The van der Waals surface area contributed by atoms with Crippen molar-refractivity contribution in [2.24, 2.45) is 13.0 Å². The molecule has 25 heavy (non-hydrogen) atoms. The molecule has 0 bridgehead atoms. The van der Waals surface area contributed by atoms with Crippen molar-refractivity contribution >= 4 is 28.9 Å². The first-order valence-corrected chi connectivity index (χ1v) is 9.49. The van der Waals surface area contributed by atoms with Crippen LogP contribution in [-0.4, -0.2) is 51.2 Å². The van der Waals surface area contributed by atoms with Crippen LogP contribution in [0.5, 0.6) is 0 Å². The number of hydrogen-bond donors (Lipinski definition) is 1. The molecule has 0 radical (unpaired) electrons. The quantitative estimate of drug-likeness (QED) is 0.829. The van der Waals surface area contributed by atoms with Crippen molar-refractivity contribution < 1.29 is 0 Å². The van der Waals surface area contributed by atoms with Crippen molar-refractivity contribution in [2.45, 2.75) is 32.4 Å². The lowest BCUT2D eigenvalue weighted by Gasteiger charge is -2.42. The molecular weight excluding hydrogens is 356 g/mol. The Morgan fingerprint density at radius 1 is 1.40 bits per heavy atom. The smallest absolute Gasteiger partial charge is 0.180 e. The summed E-state index contributed by atoms with van der Waals surface area (Å²) in [7, 11) is 4.19. The van der Waals surface area contributed by atoms with E-state index in [1.165, 1.54) is 29.8 Å². The van der Waals surface area contributed by atoms with E-state index < -0.39 is 0 Å². The Kier molecular flexibility index (Phi) is 7.25. The molecular formula is C17H29ClN6S. The Labute approximate surface area is 160 Å². The zero-order chi connectivity index (χ0) is 17.1. The molecule has 1 aliphatic rings. The number of piperidine rings is 1. The van der Waals surface area contributed by atoms with Gasteiger partial charge in [-0.2, -0.15) is 5.10 Å². The number of nitrogens with two attached hydrogens (primary N) is 1. The fraction of sp³-hybridized carbons (Fsp3) is 0.647. The van der Waals surface area contributed by atoms with Crippen LogP contribution in [0.2, 0.25) is 0 Å². The van der Waals surface area contributed by atoms with Gasteiger partial charge in [0, 0.05) is 49.0 Å². The summed E-state index contributed by atoms with van der Waals surface area (Å²) in [4.78, 5) is 10.4. The van der Waals surface area contributed by atoms with Crippen molar-refractivity contribution in [1.29, 1.82) is 0 Å². The molecule has 6 nitrogen and oxygen atoms in total. The normalized spacial score (nSPS) is 21.4. The first kappa shape index (κ1) is 20.2. The fourth-order valence-electron chi connectivity index (χ4n) is 3.90. The van der Waals surface area contributed by atoms with Gasteiger partial charge in [0.2, 0.25) is 0 Å². The van der Waals surface area contributed by atoms with Crippen LogP contribution in [0.1, 0.15) is 36.2 Å². The van der Waals surface area contributed by atoms with Crippen LogP contribution in [0.3, 0.4) is 0 Å². The van der Waals surface area contributed by atoms with Crippen molar-refractivity contribution in [3.05, 3.63) is 29.0 Å². The molecule has 1 fully saturated rings. The summed E-state index contributed by atoms with van der Waals surface area (Å²) >= 11 is 1.58. The maximum Gasteiger partial charge on any atom is 0.180 e. The van der Waals surface area contributed by atoms with Crippen molar-refractivity contribution in [3.63, 3.8) is 0 Å². The Balaban J connectivity index is 0.00000225. The number of aromatic nitrogens is 3. The molecule has 0 amide bonds. The van der Waals surface area contributed by atoms with E-state index in [4.69, 9.17) is 5.73 Å². The molecule has 140 valence electrons. The van der Waals surface area contributed by atoms with Crippen LogP contribution in [0.15, 0.2) is 18.6 Å². The molecule has 2 N–H and O–H groups in total. The second-order valence-electron chi connectivity index (χ2n) is 6.78. The predicted octanol–water partition coefficient (Wildman–Crippen LogP) is 2.79. The number of thiazole rings is 1. The molecule has 2 aromatic heterocycles. The third-order valence-electron chi connectivity index (χ3n) is 4.88. The number of aryl methyl sites for hydroxylation is 1. The Bertz CT molecular complexity index is 657. The van der Waals surface area contributed by atoms with Crippen LogP contribution < -0.4 is 5.73 Å². The minimum Gasteiger partial charge on any atom is -0.375 e. The summed E-state index contributed by atoms with van der Waals surface area (Å²) in [6, 6.07) is 0.464. The summed E-state index contributed by atoms with van der Waals surface area (Å²) in [6.45, 7) is 6.52. The number of hydrogen-bond acceptors (Lipinski definition) is 6. The molecule has 2 atom stereocenters. The van der Waals surface area contributed by atoms with Crippen LogP contribution in [0, 0.1) is 5.92 Å². The molecule has 1 saturated heterocycles. The summed E-state index contributed by atoms with van der Waals surface area (Å²) < 4.78 is 1.92. The van der Waals surface area contributed by atoms with Crippen LogP contribution in [-0.2, 0) is 13.6 Å². The van der Waals surface area contributed by atoms with E-state index in [0.717, 1.165) is 19.6 Å². The molecule has 0 spiro atoms. The van der Waals surface area contributed by atoms with Crippen LogP contribution >= 0.6 is 23.7 Å². The highest BCUT2D eigenvalue weighted by Crippen LogP contribution is 2.36. The maximum absolute atomic E-state index is 5.75. The van der Waals surface area contributed by atoms with Gasteiger partial charge in [-0.15, -0.1) is 23.7 Å². The zero-order valence-corrected chi connectivity index (χ0v) is 16.9. The summed E-state index contributed by atoms with van der Waals surface area (Å²) in [6.07, 6.45) is 8.65. The molecule has 8 heteroatoms. The lowest BCUT2D eigenvalue weighted by molar-refractivity contribution is 0.0751. The van der Waals surface area contributed by atoms with Gasteiger partial charge in [0.25, 0.3) is 0 Å². The summed E-state index contributed by atoms with van der Waals surface area (Å²) in [5, 5.41) is 5.05. The average molecular weight is 385 g/mol. The largest absolute Gasteiger partial charge is 0.375 e. The molecule has 1 aliphatic heterocycles. The van der Waals surface area contributed by atoms with E-state index in [0.29, 0.717) is 17.1 Å². The van der Waals surface area contributed by atoms with Gasteiger partial charge < -0.3 is 10.6 Å². The van der Waals surface area contributed by atoms with Crippen molar-refractivity contribution in [1.82, 2.24) is 24.6 Å². The molecule has 3 heterocycles. The molecule has 2 aromatic rings. The number of likely N-dealkylation sites (tertiary alicyclic amines) is 1. The first-order chi connectivity index (χ1) is 11.6. The fourth-order valence-corrected chi connectivity index (χ4v) is 4.66. The Morgan fingerprint density at radius 3 is 2.80 bits per heavy atom. The van der Waals surface area contributed by atoms with E-state index in [9.17, 15) is 0 Å². The lowest BCUT2D eigenvalue weighted by Crippen LogP contribution is -2.42. The second kappa shape index (κ2) is 8.98. The monoisotopic (exact) mass is 384 g/mol. The lowest BCUT2D eigenvalue weighted by atomic mass is 9.85. The van der Waals surface area contributed by atoms with Gasteiger partial charge in [-0.25, -0.2) is 4.98 Å². The minimum atomic E-state index is 0. The molecule has 0 saturated carbocycles. The van der Waals surface area contributed by atoms with E-state index in [-0.39, 0.29) is 12.4 Å². The predicted molar refractivity (Wildman–Crippen MR) is 106 cm³/mol. The summed E-state index contributed by atoms with van der Waals surface area (Å²) in [5.74, 6) is 0.623. The van der Waals surface area contributed by atoms with E-state index >= 15 is 0 Å². The number of rotatable bonds is 6. The average Bonchev–Trinajstić information content (AvgIpc) is 3.15. The van der Waals surface area contributed by atoms with Crippen molar-refractivity contribution in [3.8, 4) is 0 Å². The van der Waals surface area contributed by atoms with Gasteiger partial charge in [0.15, 0.2) is 5.13 Å². The van der Waals surface area contributed by atoms with Gasteiger partial charge in [-0.3, -0.25) is 9.58 Å². The number of nitrogens with zero attached hydrogens (tertiary/aromatic N) is 5. The molecule has 0 unspecified atom stereocenters. The number of anilines is 1. The third kappa shape index (κ3) is 4.94. The molecule has 0 aliphatic carbocycles. The van der Waals surface area contributed by atoms with Crippen LogP contribution in [0.4, 0.5) is 5.13 Å². The van der Waals surface area contributed by atoms with Gasteiger partial charge in [-0.05, 0) is 38.9 Å². The second-order valence-corrected chi connectivity index (χ2v) is 7.93. The van der Waals surface area contributed by atoms with Crippen LogP contribution in [0.25, 0.3) is 0 Å².